The lowest BCUT2D eigenvalue weighted by Gasteiger charge is -2.20. The van der Waals surface area contributed by atoms with Crippen molar-refractivity contribution in [2.75, 3.05) is 19.1 Å². The number of furan rings is 1. The number of aliphatic hydroxyl groups is 1. The maximum atomic E-state index is 13.1. The molecule has 2 aromatic heterocycles. The Kier molecular flexibility index (Phi) is 5.77. The average Bonchev–Trinajstić information content (AvgIpc) is 3.48. The van der Waals surface area contributed by atoms with Gasteiger partial charge in [0.1, 0.15) is 33.9 Å². The summed E-state index contributed by atoms with van der Waals surface area (Å²) >= 11 is 0.917. The van der Waals surface area contributed by atoms with E-state index in [-0.39, 0.29) is 27.1 Å². The van der Waals surface area contributed by atoms with Crippen LogP contribution in [0, 0.1) is 13.8 Å². The number of carbonyl (C=O) groups excluding carboxylic acids is 3. The van der Waals surface area contributed by atoms with Gasteiger partial charge < -0.3 is 19.0 Å². The Hall–Kier alpha value is -3.92. The smallest absolute Gasteiger partial charge is 0.350 e. The predicted octanol–water partition coefficient (Wildman–Crippen LogP) is 3.77. The van der Waals surface area contributed by atoms with E-state index in [1.165, 1.54) is 14.2 Å². The van der Waals surface area contributed by atoms with E-state index in [4.69, 9.17) is 13.9 Å². The third-order valence-electron chi connectivity index (χ3n) is 5.18. The molecule has 0 bridgehead atoms. The molecular formula is C23H20N2O7S. The van der Waals surface area contributed by atoms with E-state index in [2.05, 4.69) is 4.98 Å². The number of methoxy groups -OCH3 is 2. The molecule has 1 N–H and O–H groups in total. The van der Waals surface area contributed by atoms with Crippen molar-refractivity contribution in [1.29, 1.82) is 0 Å². The first kappa shape index (κ1) is 22.3. The van der Waals surface area contributed by atoms with Gasteiger partial charge in [0.25, 0.3) is 5.78 Å². The largest absolute Gasteiger partial charge is 0.507 e. The summed E-state index contributed by atoms with van der Waals surface area (Å²) in [4.78, 5) is 44.0. The second-order valence-electron chi connectivity index (χ2n) is 7.25. The van der Waals surface area contributed by atoms with Crippen LogP contribution in [0.3, 0.4) is 0 Å². The van der Waals surface area contributed by atoms with E-state index in [1.807, 2.05) is 0 Å². The lowest BCUT2D eigenvalue weighted by molar-refractivity contribution is -0.132. The summed E-state index contributed by atoms with van der Waals surface area (Å²) in [5.74, 6) is -1.49. The molecule has 0 radical (unpaired) electrons. The predicted molar refractivity (Wildman–Crippen MR) is 119 cm³/mol. The molecule has 0 aliphatic carbocycles. The molecule has 0 unspecified atom stereocenters. The number of carbonyl (C=O) groups is 3. The Balaban J connectivity index is 1.92. The summed E-state index contributed by atoms with van der Waals surface area (Å²) in [6.45, 7) is 3.33. The number of ketones is 1. The topological polar surface area (TPSA) is 119 Å². The molecule has 1 fully saturated rings. The van der Waals surface area contributed by atoms with Crippen LogP contribution in [0.2, 0.25) is 0 Å². The number of esters is 1. The highest BCUT2D eigenvalue weighted by molar-refractivity contribution is 7.17. The van der Waals surface area contributed by atoms with Gasteiger partial charge in [0.05, 0.1) is 25.5 Å². The SMILES string of the molecule is COC(=O)c1sc(N2C(=O)C(=O)/C(=C(/O)c3cccc(OC)c3)[C@@H]2c2ccc(C)o2)nc1C. The van der Waals surface area contributed by atoms with Crippen LogP contribution in [0.25, 0.3) is 5.76 Å². The number of anilines is 1. The number of benzene rings is 1. The quantitative estimate of drug-likeness (QED) is 0.260. The minimum absolute atomic E-state index is 0.110. The van der Waals surface area contributed by atoms with E-state index in [9.17, 15) is 19.5 Å². The first-order valence-electron chi connectivity index (χ1n) is 9.84. The molecule has 3 aromatic rings. The van der Waals surface area contributed by atoms with Crippen molar-refractivity contribution in [3.05, 3.63) is 69.6 Å². The van der Waals surface area contributed by atoms with Crippen LogP contribution >= 0.6 is 11.3 Å². The van der Waals surface area contributed by atoms with Crippen LogP contribution in [0.5, 0.6) is 5.75 Å². The molecule has 1 aromatic carbocycles. The summed E-state index contributed by atoms with van der Waals surface area (Å²) in [6, 6.07) is 8.72. The fraction of sp³-hybridized carbons (Fsp3) is 0.217. The number of hydrogen-bond acceptors (Lipinski definition) is 9. The number of aromatic nitrogens is 1. The molecule has 1 atom stereocenters. The Morgan fingerprint density at radius 3 is 2.58 bits per heavy atom. The van der Waals surface area contributed by atoms with Crippen molar-refractivity contribution in [3.8, 4) is 5.75 Å². The average molecular weight is 468 g/mol. The highest BCUT2D eigenvalue weighted by atomic mass is 32.1. The van der Waals surface area contributed by atoms with Gasteiger partial charge in [0.15, 0.2) is 5.13 Å². The lowest BCUT2D eigenvalue weighted by atomic mass is 9.99. The van der Waals surface area contributed by atoms with Crippen LogP contribution in [-0.2, 0) is 14.3 Å². The third kappa shape index (κ3) is 3.78. The fourth-order valence-corrected chi connectivity index (χ4v) is 4.60. The highest BCUT2D eigenvalue weighted by Gasteiger charge is 2.50. The molecule has 0 saturated carbocycles. The zero-order valence-corrected chi connectivity index (χ0v) is 19.1. The van der Waals surface area contributed by atoms with Gasteiger partial charge in [0, 0.05) is 5.56 Å². The molecule has 170 valence electrons. The molecule has 9 nitrogen and oxygen atoms in total. The third-order valence-corrected chi connectivity index (χ3v) is 6.32. The number of aliphatic hydroxyl groups excluding tert-OH is 1. The first-order valence-corrected chi connectivity index (χ1v) is 10.7. The van der Waals surface area contributed by atoms with E-state index in [0.29, 0.717) is 22.8 Å². The molecular weight excluding hydrogens is 448 g/mol. The fourth-order valence-electron chi connectivity index (χ4n) is 3.59. The monoisotopic (exact) mass is 468 g/mol. The molecule has 1 saturated heterocycles. The molecule has 0 spiro atoms. The standard InChI is InChI=1S/C23H20N2O7S/c1-11-8-9-15(32-11)17-16(18(26)13-6-5-7-14(10-13)30-3)19(27)21(28)25(17)23-24-12(2)20(33-23)22(29)31-4/h5-10,17,26H,1-4H3/b18-16+/t17-/m0/s1. The van der Waals surface area contributed by atoms with Gasteiger partial charge in [-0.1, -0.05) is 23.5 Å². The van der Waals surface area contributed by atoms with Crippen LogP contribution in [-0.4, -0.2) is 42.0 Å². The number of rotatable bonds is 5. The van der Waals surface area contributed by atoms with Gasteiger partial charge in [-0.15, -0.1) is 0 Å². The Labute approximate surface area is 192 Å². The summed E-state index contributed by atoms with van der Waals surface area (Å²) in [7, 11) is 2.72. The number of aryl methyl sites for hydroxylation is 2. The lowest BCUT2D eigenvalue weighted by Crippen LogP contribution is -2.29. The molecule has 1 aliphatic heterocycles. The second kappa shape index (κ2) is 8.55. The number of thiazole rings is 1. The Bertz CT molecular complexity index is 1300. The molecule has 4 rings (SSSR count). The maximum absolute atomic E-state index is 13.1. The second-order valence-corrected chi connectivity index (χ2v) is 8.23. The number of nitrogens with zero attached hydrogens (tertiary/aromatic N) is 2. The van der Waals surface area contributed by atoms with Crippen molar-refractivity contribution in [2.24, 2.45) is 0 Å². The van der Waals surface area contributed by atoms with Crippen LogP contribution in [0.15, 0.2) is 46.4 Å². The maximum Gasteiger partial charge on any atom is 0.350 e. The molecule has 33 heavy (non-hydrogen) atoms. The van der Waals surface area contributed by atoms with E-state index >= 15 is 0 Å². The summed E-state index contributed by atoms with van der Waals surface area (Å²) in [6.07, 6.45) is 0. The van der Waals surface area contributed by atoms with Gasteiger partial charge >= 0.3 is 11.9 Å². The van der Waals surface area contributed by atoms with Gasteiger partial charge in [-0.3, -0.25) is 14.5 Å². The summed E-state index contributed by atoms with van der Waals surface area (Å²) < 4.78 is 15.7. The summed E-state index contributed by atoms with van der Waals surface area (Å²) in [5.41, 5.74) is 0.493. The van der Waals surface area contributed by atoms with Gasteiger partial charge in [0.2, 0.25) is 0 Å². The number of Topliss-reactive ketones (excluding diaryl/α,β-unsaturated/α-hetero) is 1. The number of ether oxygens (including phenoxy) is 2. The number of amides is 1. The van der Waals surface area contributed by atoms with Gasteiger partial charge in [-0.25, -0.2) is 9.78 Å². The zero-order chi connectivity index (χ0) is 23.9. The van der Waals surface area contributed by atoms with E-state index < -0.39 is 23.7 Å². The molecule has 10 heteroatoms. The van der Waals surface area contributed by atoms with Crippen molar-refractivity contribution >= 4 is 39.9 Å². The van der Waals surface area contributed by atoms with E-state index in [1.54, 1.807) is 50.2 Å². The summed E-state index contributed by atoms with van der Waals surface area (Å²) in [5, 5.41) is 11.2. The van der Waals surface area contributed by atoms with Gasteiger partial charge in [-0.2, -0.15) is 0 Å². The van der Waals surface area contributed by atoms with Crippen LogP contribution in [0.1, 0.15) is 38.5 Å². The van der Waals surface area contributed by atoms with Crippen LogP contribution < -0.4 is 9.64 Å². The molecule has 1 aliphatic rings. The van der Waals surface area contributed by atoms with Crippen molar-refractivity contribution in [2.45, 2.75) is 19.9 Å². The van der Waals surface area contributed by atoms with E-state index in [0.717, 1.165) is 16.2 Å². The van der Waals surface area contributed by atoms with Crippen molar-refractivity contribution in [3.63, 3.8) is 0 Å². The number of hydrogen-bond donors (Lipinski definition) is 1. The Morgan fingerprint density at radius 1 is 1.18 bits per heavy atom. The van der Waals surface area contributed by atoms with Crippen molar-refractivity contribution < 1.29 is 33.4 Å². The molecule has 1 amide bonds. The zero-order valence-electron chi connectivity index (χ0n) is 18.2. The highest BCUT2D eigenvalue weighted by Crippen LogP contribution is 2.44. The van der Waals surface area contributed by atoms with Crippen molar-refractivity contribution in [1.82, 2.24) is 4.98 Å². The normalized spacial score (nSPS) is 17.5. The van der Waals surface area contributed by atoms with Crippen LogP contribution in [0.4, 0.5) is 5.13 Å². The minimum Gasteiger partial charge on any atom is -0.507 e. The Morgan fingerprint density at radius 2 is 1.94 bits per heavy atom. The van der Waals surface area contributed by atoms with Gasteiger partial charge in [-0.05, 0) is 38.1 Å². The first-order chi connectivity index (χ1) is 15.8. The molecule has 3 heterocycles. The minimum atomic E-state index is -1.08.